The van der Waals surface area contributed by atoms with Crippen molar-refractivity contribution in [3.8, 4) is 0 Å². The van der Waals surface area contributed by atoms with Crippen molar-refractivity contribution in [2.75, 3.05) is 0 Å². The third-order valence-corrected chi connectivity index (χ3v) is 4.76. The fraction of sp³-hybridized carbons (Fsp3) is 0.188. The van der Waals surface area contributed by atoms with Gasteiger partial charge in [-0.15, -0.1) is 0 Å². The first-order valence-corrected chi connectivity index (χ1v) is 8.30. The van der Waals surface area contributed by atoms with Gasteiger partial charge in [0.2, 0.25) is 10.0 Å². The average Bonchev–Trinajstić information content (AvgIpc) is 2.47. The maximum absolute atomic E-state index is 13.0. The minimum absolute atomic E-state index is 0.0218. The number of aliphatic carboxylic acids is 1. The van der Waals surface area contributed by atoms with Gasteiger partial charge in [0.05, 0.1) is 10.9 Å². The van der Waals surface area contributed by atoms with Crippen LogP contribution < -0.4 is 9.83 Å². The molecular formula is C16H15FNO4S-. The third kappa shape index (κ3) is 4.61. The van der Waals surface area contributed by atoms with Crippen molar-refractivity contribution in [3.05, 3.63) is 65.5 Å². The van der Waals surface area contributed by atoms with E-state index in [0.29, 0.717) is 5.56 Å². The summed E-state index contributed by atoms with van der Waals surface area (Å²) in [4.78, 5) is 10.9. The second-order valence-electron chi connectivity index (χ2n) is 5.11. The van der Waals surface area contributed by atoms with Crippen molar-refractivity contribution in [3.63, 3.8) is 0 Å². The van der Waals surface area contributed by atoms with E-state index >= 15 is 0 Å². The van der Waals surface area contributed by atoms with Gasteiger partial charge in [-0.3, -0.25) is 0 Å². The van der Waals surface area contributed by atoms with Crippen LogP contribution in [0.4, 0.5) is 4.39 Å². The van der Waals surface area contributed by atoms with Gasteiger partial charge in [-0.05, 0) is 36.8 Å². The Morgan fingerprint density at radius 1 is 1.13 bits per heavy atom. The molecule has 0 aliphatic carbocycles. The lowest BCUT2D eigenvalue weighted by molar-refractivity contribution is -0.306. The first kappa shape index (κ1) is 17.1. The Labute approximate surface area is 133 Å². The Bertz CT molecular complexity index is 786. The average molecular weight is 336 g/mol. The number of sulfonamides is 1. The van der Waals surface area contributed by atoms with Crippen LogP contribution in [0.2, 0.25) is 0 Å². The molecule has 1 atom stereocenters. The Balaban J connectivity index is 2.31. The summed E-state index contributed by atoms with van der Waals surface area (Å²) in [6.45, 7) is 1.82. The molecular weight excluding hydrogens is 321 g/mol. The molecule has 2 aromatic carbocycles. The molecule has 0 fully saturated rings. The van der Waals surface area contributed by atoms with Crippen molar-refractivity contribution in [2.45, 2.75) is 24.3 Å². The number of rotatable bonds is 6. The number of carboxylic acids is 1. The van der Waals surface area contributed by atoms with Crippen LogP contribution in [0.5, 0.6) is 0 Å². The Hall–Kier alpha value is -2.25. The van der Waals surface area contributed by atoms with E-state index < -0.39 is 34.3 Å². The van der Waals surface area contributed by atoms with Gasteiger partial charge >= 0.3 is 0 Å². The summed E-state index contributed by atoms with van der Waals surface area (Å²) in [5.41, 5.74) is 1.24. The van der Waals surface area contributed by atoms with E-state index in [1.54, 1.807) is 12.1 Å². The molecule has 0 aliphatic heterocycles. The van der Waals surface area contributed by atoms with Crippen LogP contribution in [-0.2, 0) is 14.8 Å². The first-order chi connectivity index (χ1) is 10.8. The largest absolute Gasteiger partial charge is 0.550 e. The predicted molar refractivity (Wildman–Crippen MR) is 80.3 cm³/mol. The van der Waals surface area contributed by atoms with Crippen molar-refractivity contribution in [2.24, 2.45) is 0 Å². The molecule has 1 unspecified atom stereocenters. The van der Waals surface area contributed by atoms with Crippen LogP contribution in [0.25, 0.3) is 0 Å². The Morgan fingerprint density at radius 2 is 1.70 bits per heavy atom. The van der Waals surface area contributed by atoms with Gasteiger partial charge in [0.1, 0.15) is 5.82 Å². The summed E-state index contributed by atoms with van der Waals surface area (Å²) in [6.07, 6.45) is -0.559. The molecule has 23 heavy (non-hydrogen) atoms. The summed E-state index contributed by atoms with van der Waals surface area (Å²) in [5.74, 6) is -1.91. The molecule has 0 saturated carbocycles. The van der Waals surface area contributed by atoms with Crippen LogP contribution in [0.3, 0.4) is 0 Å². The highest BCUT2D eigenvalue weighted by Gasteiger charge is 2.21. The lowest BCUT2D eigenvalue weighted by atomic mass is 10.1. The van der Waals surface area contributed by atoms with Crippen LogP contribution in [0.15, 0.2) is 53.4 Å². The number of halogens is 1. The van der Waals surface area contributed by atoms with Gasteiger partial charge in [-0.2, -0.15) is 0 Å². The molecule has 0 amide bonds. The van der Waals surface area contributed by atoms with Crippen LogP contribution in [0, 0.1) is 12.7 Å². The zero-order valence-corrected chi connectivity index (χ0v) is 13.1. The first-order valence-electron chi connectivity index (χ1n) is 6.82. The second-order valence-corrected chi connectivity index (χ2v) is 6.83. The standard InChI is InChI=1S/C16H16FNO4S/c1-11-2-8-14(9-3-11)23(21,22)18-15(10-16(19)20)12-4-6-13(17)7-5-12/h2-9,15,18H,10H2,1H3,(H,19,20)/p-1. The third-order valence-electron chi connectivity index (χ3n) is 3.27. The van der Waals surface area contributed by atoms with Gasteiger partial charge in [-0.25, -0.2) is 17.5 Å². The zero-order valence-electron chi connectivity index (χ0n) is 12.3. The van der Waals surface area contributed by atoms with E-state index in [9.17, 15) is 22.7 Å². The van der Waals surface area contributed by atoms with Crippen molar-refractivity contribution in [1.82, 2.24) is 4.72 Å². The van der Waals surface area contributed by atoms with E-state index in [4.69, 9.17) is 0 Å². The fourth-order valence-corrected chi connectivity index (χ4v) is 3.29. The SMILES string of the molecule is Cc1ccc(S(=O)(=O)NC(CC(=O)[O-])c2ccc(F)cc2)cc1. The summed E-state index contributed by atoms with van der Waals surface area (Å²) < 4.78 is 40.1. The summed E-state index contributed by atoms with van der Waals surface area (Å²) >= 11 is 0. The molecule has 2 aromatic rings. The number of benzene rings is 2. The molecule has 0 aromatic heterocycles. The van der Waals surface area contributed by atoms with E-state index in [2.05, 4.69) is 4.72 Å². The van der Waals surface area contributed by atoms with Crippen molar-refractivity contribution in [1.29, 1.82) is 0 Å². The summed E-state index contributed by atoms with van der Waals surface area (Å²) in [6, 6.07) is 10.0. The molecule has 2 rings (SSSR count). The van der Waals surface area contributed by atoms with Crippen molar-refractivity contribution < 1.29 is 22.7 Å². The lowest BCUT2D eigenvalue weighted by Gasteiger charge is -2.20. The molecule has 0 heterocycles. The number of carboxylic acid groups (broad SMARTS) is 1. The quantitative estimate of drug-likeness (QED) is 0.861. The van der Waals surface area contributed by atoms with E-state index in [1.165, 1.54) is 24.3 Å². The monoisotopic (exact) mass is 336 g/mol. The predicted octanol–water partition coefficient (Wildman–Crippen LogP) is 1.29. The minimum atomic E-state index is -3.92. The molecule has 0 saturated heterocycles. The number of carbonyl (C=O) groups excluding carboxylic acids is 1. The smallest absolute Gasteiger partial charge is 0.241 e. The Kier molecular flexibility index (Phi) is 5.12. The number of hydrogen-bond donors (Lipinski definition) is 1. The van der Waals surface area contributed by atoms with E-state index in [-0.39, 0.29) is 4.90 Å². The molecule has 7 heteroatoms. The topological polar surface area (TPSA) is 86.3 Å². The molecule has 0 radical (unpaired) electrons. The number of nitrogens with one attached hydrogen (secondary N) is 1. The fourth-order valence-electron chi connectivity index (χ4n) is 2.06. The van der Waals surface area contributed by atoms with Crippen molar-refractivity contribution >= 4 is 16.0 Å². The van der Waals surface area contributed by atoms with Gasteiger partial charge in [-0.1, -0.05) is 29.8 Å². The number of carbonyl (C=O) groups is 1. The van der Waals surface area contributed by atoms with Gasteiger partial charge in [0, 0.05) is 12.4 Å². The number of hydrogen-bond acceptors (Lipinski definition) is 4. The summed E-state index contributed by atoms with van der Waals surface area (Å²) in [5, 5.41) is 10.9. The van der Waals surface area contributed by atoms with E-state index in [1.807, 2.05) is 6.92 Å². The molecule has 0 bridgehead atoms. The summed E-state index contributed by atoms with van der Waals surface area (Å²) in [7, 11) is -3.92. The highest BCUT2D eigenvalue weighted by Crippen LogP contribution is 2.21. The molecule has 0 spiro atoms. The normalized spacial score (nSPS) is 12.8. The van der Waals surface area contributed by atoms with Crippen LogP contribution in [0.1, 0.15) is 23.6 Å². The lowest BCUT2D eigenvalue weighted by Crippen LogP contribution is -2.34. The maximum atomic E-state index is 13.0. The number of aryl methyl sites for hydroxylation is 1. The van der Waals surface area contributed by atoms with E-state index in [0.717, 1.165) is 17.7 Å². The highest BCUT2D eigenvalue weighted by atomic mass is 32.2. The second kappa shape index (κ2) is 6.89. The minimum Gasteiger partial charge on any atom is -0.550 e. The Morgan fingerprint density at radius 3 is 2.22 bits per heavy atom. The molecule has 5 nitrogen and oxygen atoms in total. The molecule has 1 N–H and O–H groups in total. The highest BCUT2D eigenvalue weighted by molar-refractivity contribution is 7.89. The van der Waals surface area contributed by atoms with Crippen LogP contribution >= 0.6 is 0 Å². The zero-order chi connectivity index (χ0) is 17.0. The van der Waals surface area contributed by atoms with Gasteiger partial charge < -0.3 is 9.90 Å². The molecule has 122 valence electrons. The molecule has 0 aliphatic rings. The van der Waals surface area contributed by atoms with Gasteiger partial charge in [0.25, 0.3) is 0 Å². The maximum Gasteiger partial charge on any atom is 0.241 e. The van der Waals surface area contributed by atoms with Gasteiger partial charge in [0.15, 0.2) is 0 Å². The van der Waals surface area contributed by atoms with Crippen LogP contribution in [-0.4, -0.2) is 14.4 Å².